The Labute approximate surface area is 346 Å². The van der Waals surface area contributed by atoms with Crippen LogP contribution in [0.1, 0.15) is 90.9 Å². The second kappa shape index (κ2) is 42.5. The SMILES string of the molecule is C#CC[C@@H](O)/C=C/C=C/C#C[C@H](O)CCCC(=O)OC.C#CC[C@@H](O)/C=C/C=C/C#C[C@H](O)CCCC(C)=O.C#CC[C@H](O)/C=C/C=C/C#C[C@@H](O)CCCC(C)=O. The van der Waals surface area contributed by atoms with Crippen LogP contribution in [0, 0.1) is 72.6 Å². The van der Waals surface area contributed by atoms with Crippen LogP contribution in [-0.2, 0) is 19.1 Å². The van der Waals surface area contributed by atoms with Crippen molar-refractivity contribution in [3.05, 3.63) is 72.9 Å². The smallest absolute Gasteiger partial charge is 0.305 e. The van der Waals surface area contributed by atoms with Gasteiger partial charge in [0, 0.05) is 38.5 Å². The first-order valence-corrected chi connectivity index (χ1v) is 18.7. The molecule has 0 aromatic carbocycles. The number of carbonyl (C=O) groups is 3. The normalized spacial score (nSPS) is 13.7. The van der Waals surface area contributed by atoms with Gasteiger partial charge in [-0.15, -0.1) is 37.0 Å². The Bertz CT molecular complexity index is 1570. The minimum Gasteiger partial charge on any atom is -0.469 e. The van der Waals surface area contributed by atoms with Crippen LogP contribution < -0.4 is 0 Å². The van der Waals surface area contributed by atoms with Crippen LogP contribution in [0.15, 0.2) is 72.9 Å². The molecule has 0 rings (SSSR count). The summed E-state index contributed by atoms with van der Waals surface area (Å²) in [5.74, 6) is 23.0. The zero-order chi connectivity index (χ0) is 44.2. The van der Waals surface area contributed by atoms with Crippen LogP contribution in [-0.4, -0.2) is 91.9 Å². The predicted molar refractivity (Wildman–Crippen MR) is 229 cm³/mol. The number of carbonyl (C=O) groups excluding carboxylic acids is 3. The average Bonchev–Trinajstić information content (AvgIpc) is 3.16. The average molecular weight is 797 g/mol. The second-order valence-electron chi connectivity index (χ2n) is 12.2. The van der Waals surface area contributed by atoms with Gasteiger partial charge in [0.2, 0.25) is 0 Å². The monoisotopic (exact) mass is 796 g/mol. The maximum absolute atomic E-state index is 10.8. The lowest BCUT2D eigenvalue weighted by Gasteiger charge is -2.01. The van der Waals surface area contributed by atoms with Crippen LogP contribution in [0.4, 0.5) is 0 Å². The van der Waals surface area contributed by atoms with Gasteiger partial charge in [-0.25, -0.2) is 0 Å². The Morgan fingerprint density at radius 1 is 0.517 bits per heavy atom. The number of allylic oxidation sites excluding steroid dienone is 9. The molecule has 0 aromatic rings. The third-order valence-corrected chi connectivity index (χ3v) is 6.70. The molecule has 0 saturated heterocycles. The summed E-state index contributed by atoms with van der Waals surface area (Å²) in [6.45, 7) is 3.06. The molecule has 6 atom stereocenters. The van der Waals surface area contributed by atoms with Gasteiger partial charge in [0.1, 0.15) is 29.9 Å². The van der Waals surface area contributed by atoms with Crippen molar-refractivity contribution in [3.63, 3.8) is 0 Å². The van der Waals surface area contributed by atoms with Gasteiger partial charge in [0.15, 0.2) is 0 Å². The van der Waals surface area contributed by atoms with Crippen LogP contribution in [0.2, 0.25) is 0 Å². The zero-order valence-electron chi connectivity index (χ0n) is 33.9. The van der Waals surface area contributed by atoms with Crippen molar-refractivity contribution in [2.75, 3.05) is 7.11 Å². The van der Waals surface area contributed by atoms with Crippen molar-refractivity contribution < 1.29 is 49.8 Å². The highest BCUT2D eigenvalue weighted by Gasteiger charge is 2.04. The van der Waals surface area contributed by atoms with Gasteiger partial charge in [-0.1, -0.05) is 90.2 Å². The van der Waals surface area contributed by atoms with Gasteiger partial charge in [-0.2, -0.15) is 0 Å². The van der Waals surface area contributed by atoms with Crippen molar-refractivity contribution in [2.45, 2.75) is 128 Å². The molecule has 0 aliphatic rings. The fourth-order valence-electron chi connectivity index (χ4n) is 3.73. The third kappa shape index (κ3) is 48.4. The number of ether oxygens (including phenoxy) is 1. The fourth-order valence-corrected chi connectivity index (χ4v) is 3.73. The van der Waals surface area contributed by atoms with Gasteiger partial charge in [-0.3, -0.25) is 4.79 Å². The predicted octanol–water partition coefficient (Wildman–Crippen LogP) is 4.40. The molecule has 0 amide bonds. The van der Waals surface area contributed by atoms with E-state index in [1.54, 1.807) is 72.9 Å². The van der Waals surface area contributed by atoms with E-state index in [1.165, 1.54) is 21.0 Å². The first-order valence-electron chi connectivity index (χ1n) is 18.7. The molecule has 312 valence electrons. The largest absolute Gasteiger partial charge is 0.469 e. The minimum absolute atomic E-state index is 0.121. The topological polar surface area (TPSA) is 182 Å². The first kappa shape index (κ1) is 56.7. The quantitative estimate of drug-likeness (QED) is 0.0554. The molecular formula is C48H60O10. The van der Waals surface area contributed by atoms with Crippen LogP contribution in [0.25, 0.3) is 0 Å². The van der Waals surface area contributed by atoms with E-state index in [0.29, 0.717) is 51.4 Å². The Morgan fingerprint density at radius 3 is 1.07 bits per heavy atom. The van der Waals surface area contributed by atoms with E-state index >= 15 is 0 Å². The highest BCUT2D eigenvalue weighted by atomic mass is 16.5. The molecule has 58 heavy (non-hydrogen) atoms. The summed E-state index contributed by atoms with van der Waals surface area (Å²) in [5.41, 5.74) is 0. The summed E-state index contributed by atoms with van der Waals surface area (Å²) in [5, 5.41) is 56.3. The van der Waals surface area contributed by atoms with E-state index in [-0.39, 0.29) is 43.2 Å². The molecule has 0 unspecified atom stereocenters. The minimum atomic E-state index is -0.764. The number of hydrogen-bond acceptors (Lipinski definition) is 10. The first-order chi connectivity index (χ1) is 27.7. The third-order valence-electron chi connectivity index (χ3n) is 6.70. The van der Waals surface area contributed by atoms with Crippen molar-refractivity contribution in [1.82, 2.24) is 0 Å². The molecule has 0 fully saturated rings. The fraction of sp³-hybridized carbons (Fsp3) is 0.438. The van der Waals surface area contributed by atoms with Crippen molar-refractivity contribution in [2.24, 2.45) is 0 Å². The molecule has 10 nitrogen and oxygen atoms in total. The summed E-state index contributed by atoms with van der Waals surface area (Å²) >= 11 is 0. The summed E-state index contributed by atoms with van der Waals surface area (Å²) in [4.78, 5) is 32.2. The maximum Gasteiger partial charge on any atom is 0.305 e. The van der Waals surface area contributed by atoms with Gasteiger partial charge >= 0.3 is 5.97 Å². The molecule has 0 aliphatic heterocycles. The lowest BCUT2D eigenvalue weighted by molar-refractivity contribution is -0.140. The number of esters is 1. The Morgan fingerprint density at radius 2 is 0.810 bits per heavy atom. The maximum atomic E-state index is 10.8. The second-order valence-corrected chi connectivity index (χ2v) is 12.2. The number of Topliss-reactive ketones (excluding diaryl/α,β-unsaturated/α-hetero) is 2. The molecule has 0 aliphatic carbocycles. The van der Waals surface area contributed by atoms with Gasteiger partial charge < -0.3 is 45.0 Å². The van der Waals surface area contributed by atoms with Crippen LogP contribution >= 0.6 is 0 Å². The molecule has 6 N–H and O–H groups in total. The van der Waals surface area contributed by atoms with E-state index in [9.17, 15) is 45.0 Å². The van der Waals surface area contributed by atoms with Crippen LogP contribution in [0.3, 0.4) is 0 Å². The van der Waals surface area contributed by atoms with E-state index < -0.39 is 36.6 Å². The van der Waals surface area contributed by atoms with Gasteiger partial charge in [0.05, 0.1) is 25.4 Å². The summed E-state index contributed by atoms with van der Waals surface area (Å²) in [7, 11) is 1.33. The number of hydrogen-bond donors (Lipinski definition) is 6. The lowest BCUT2D eigenvalue weighted by Crippen LogP contribution is -2.05. The number of rotatable bonds is 21. The van der Waals surface area contributed by atoms with Gasteiger partial charge in [-0.05, 0) is 70.6 Å². The Balaban J connectivity index is -0.000000783. The zero-order valence-corrected chi connectivity index (χ0v) is 33.9. The molecule has 0 heterocycles. The molecule has 0 bridgehead atoms. The molecule has 0 radical (unpaired) electrons. The molecule has 0 aromatic heterocycles. The molecule has 0 saturated carbocycles. The lowest BCUT2D eigenvalue weighted by atomic mass is 10.1. The highest BCUT2D eigenvalue weighted by Crippen LogP contribution is 2.03. The van der Waals surface area contributed by atoms with E-state index in [1.807, 2.05) is 0 Å². The summed E-state index contributed by atoms with van der Waals surface area (Å²) in [6.07, 6.45) is 35.6. The molecule has 0 spiro atoms. The summed E-state index contributed by atoms with van der Waals surface area (Å²) in [6, 6.07) is 0. The number of ketones is 2. The van der Waals surface area contributed by atoms with E-state index in [4.69, 9.17) is 19.3 Å². The van der Waals surface area contributed by atoms with Crippen molar-refractivity contribution >= 4 is 17.5 Å². The van der Waals surface area contributed by atoms with E-state index in [0.717, 1.165) is 0 Å². The standard InChI is InChI=1S/C16H20O4.2C16H20O3/c1-3-9-14(17)10-6-4-5-7-11-15(18)12-8-13-16(19)20-2;2*1-3-9-15(18)11-6-4-5-7-12-16(19)13-8-10-14(2)17/h1,4-6,10,14-15,17-18H,8-9,12-13H2,2H3;2*1,4-6,11,15-16,18-19H,8-10,13H2,2H3/b5-4+,10-6+;2*5-4+,11-6+/t14-,15+;2*15-,16+/m110/s1. The Hall–Kier alpha value is -5.63. The van der Waals surface area contributed by atoms with Crippen molar-refractivity contribution in [1.29, 1.82) is 0 Å². The van der Waals surface area contributed by atoms with Crippen molar-refractivity contribution in [3.8, 4) is 72.6 Å². The molecule has 10 heteroatoms. The van der Waals surface area contributed by atoms with E-state index in [2.05, 4.69) is 58.0 Å². The number of aliphatic hydroxyl groups excluding tert-OH is 6. The number of methoxy groups -OCH3 is 1. The summed E-state index contributed by atoms with van der Waals surface area (Å²) < 4.78 is 4.49. The number of terminal acetylenes is 3. The Kier molecular flexibility index (Phi) is 41.6. The molecular weight excluding hydrogens is 737 g/mol. The highest BCUT2D eigenvalue weighted by molar-refractivity contribution is 5.75. The van der Waals surface area contributed by atoms with Crippen LogP contribution in [0.5, 0.6) is 0 Å². The number of aliphatic hydroxyl groups is 6. The van der Waals surface area contributed by atoms with Gasteiger partial charge in [0.25, 0.3) is 0 Å².